The van der Waals surface area contributed by atoms with Gasteiger partial charge in [0.15, 0.2) is 0 Å². The molecule has 2 rings (SSSR count). The van der Waals surface area contributed by atoms with Crippen LogP contribution in [0.5, 0.6) is 0 Å². The summed E-state index contributed by atoms with van der Waals surface area (Å²) in [6, 6.07) is 0. The predicted octanol–water partition coefficient (Wildman–Crippen LogP) is 1.18. The zero-order valence-corrected chi connectivity index (χ0v) is 10.7. The maximum Gasteiger partial charge on any atom is 0.338 e. The van der Waals surface area contributed by atoms with E-state index in [2.05, 4.69) is 5.16 Å². The van der Waals surface area contributed by atoms with Gasteiger partial charge in [-0.25, -0.2) is 9.18 Å². The van der Waals surface area contributed by atoms with Crippen molar-refractivity contribution >= 4 is 11.9 Å². The summed E-state index contributed by atoms with van der Waals surface area (Å²) in [6.07, 6.45) is -1.58. The molecule has 1 saturated heterocycles. The second-order valence-electron chi connectivity index (χ2n) is 4.74. The molecule has 2 unspecified atom stereocenters. The van der Waals surface area contributed by atoms with Crippen molar-refractivity contribution in [3.63, 3.8) is 0 Å². The molecule has 1 N–H and O–H groups in total. The Morgan fingerprint density at radius 3 is 2.74 bits per heavy atom. The van der Waals surface area contributed by atoms with Gasteiger partial charge in [-0.3, -0.25) is 4.79 Å². The third-order valence-corrected chi connectivity index (χ3v) is 3.41. The van der Waals surface area contributed by atoms with E-state index >= 15 is 0 Å². The van der Waals surface area contributed by atoms with E-state index < -0.39 is 18.1 Å². The number of carboxylic acids is 1. The summed E-state index contributed by atoms with van der Waals surface area (Å²) in [5, 5.41) is 12.3. The van der Waals surface area contributed by atoms with Gasteiger partial charge in [0.25, 0.3) is 5.91 Å². The van der Waals surface area contributed by atoms with E-state index in [0.717, 1.165) is 0 Å². The van der Waals surface area contributed by atoms with E-state index in [1.54, 1.807) is 13.8 Å². The SMILES string of the molecule is Cc1noc(C)c1C(=O)N1CCC(C(F)C(=O)O)C1. The molecular formula is C12H15FN2O4. The van der Waals surface area contributed by atoms with E-state index in [1.807, 2.05) is 0 Å². The molecule has 7 heteroatoms. The number of rotatable bonds is 3. The number of aliphatic carboxylic acids is 1. The standard InChI is InChI=1S/C12H15FN2O4/c1-6-9(7(2)19-14-6)11(16)15-4-3-8(5-15)10(13)12(17)18/h8,10H,3-5H2,1-2H3,(H,17,18). The van der Waals surface area contributed by atoms with Gasteiger partial charge in [0, 0.05) is 19.0 Å². The first-order chi connectivity index (χ1) is 8.91. The van der Waals surface area contributed by atoms with Crippen LogP contribution >= 0.6 is 0 Å². The summed E-state index contributed by atoms with van der Waals surface area (Å²) in [4.78, 5) is 24.3. The molecule has 104 valence electrons. The van der Waals surface area contributed by atoms with Crippen molar-refractivity contribution in [1.29, 1.82) is 0 Å². The van der Waals surface area contributed by atoms with Crippen molar-refractivity contribution in [3.8, 4) is 0 Å². The first-order valence-electron chi connectivity index (χ1n) is 6.00. The molecule has 0 radical (unpaired) electrons. The van der Waals surface area contributed by atoms with Gasteiger partial charge in [-0.1, -0.05) is 5.16 Å². The highest BCUT2D eigenvalue weighted by molar-refractivity contribution is 5.96. The smallest absolute Gasteiger partial charge is 0.338 e. The minimum absolute atomic E-state index is 0.108. The maximum atomic E-state index is 13.4. The monoisotopic (exact) mass is 270 g/mol. The average Bonchev–Trinajstić information content (AvgIpc) is 2.95. The van der Waals surface area contributed by atoms with Crippen molar-refractivity contribution in [1.82, 2.24) is 10.1 Å². The van der Waals surface area contributed by atoms with Crippen LogP contribution in [0.3, 0.4) is 0 Å². The Morgan fingerprint density at radius 2 is 2.21 bits per heavy atom. The number of hydrogen-bond acceptors (Lipinski definition) is 4. The van der Waals surface area contributed by atoms with Crippen LogP contribution in [0.2, 0.25) is 0 Å². The van der Waals surface area contributed by atoms with Crippen LogP contribution in [0, 0.1) is 19.8 Å². The van der Waals surface area contributed by atoms with Gasteiger partial charge in [0.05, 0.1) is 5.69 Å². The summed E-state index contributed by atoms with van der Waals surface area (Å²) in [7, 11) is 0. The van der Waals surface area contributed by atoms with E-state index in [4.69, 9.17) is 9.63 Å². The Morgan fingerprint density at radius 1 is 1.53 bits per heavy atom. The Hall–Kier alpha value is -1.92. The minimum atomic E-state index is -1.93. The number of carbonyl (C=O) groups excluding carboxylic acids is 1. The third kappa shape index (κ3) is 2.45. The lowest BCUT2D eigenvalue weighted by Crippen LogP contribution is -2.32. The van der Waals surface area contributed by atoms with Gasteiger partial charge in [-0.05, 0) is 20.3 Å². The second-order valence-corrected chi connectivity index (χ2v) is 4.74. The summed E-state index contributed by atoms with van der Waals surface area (Å²) in [5.41, 5.74) is 0.868. The van der Waals surface area contributed by atoms with Gasteiger partial charge >= 0.3 is 5.97 Å². The largest absolute Gasteiger partial charge is 0.479 e. The first-order valence-corrected chi connectivity index (χ1v) is 6.00. The highest BCUT2D eigenvalue weighted by atomic mass is 19.1. The van der Waals surface area contributed by atoms with Crippen LogP contribution in [0.4, 0.5) is 4.39 Å². The minimum Gasteiger partial charge on any atom is -0.479 e. The molecule has 2 heterocycles. The zero-order valence-electron chi connectivity index (χ0n) is 10.7. The molecule has 1 fully saturated rings. The zero-order chi connectivity index (χ0) is 14.2. The van der Waals surface area contributed by atoms with Crippen LogP contribution in [0.1, 0.15) is 28.2 Å². The molecule has 0 aliphatic carbocycles. The lowest BCUT2D eigenvalue weighted by Gasteiger charge is -2.16. The van der Waals surface area contributed by atoms with Crippen LogP contribution in [-0.2, 0) is 4.79 Å². The number of aromatic nitrogens is 1. The average molecular weight is 270 g/mol. The quantitative estimate of drug-likeness (QED) is 0.891. The Kier molecular flexibility index (Phi) is 3.55. The van der Waals surface area contributed by atoms with E-state index in [0.29, 0.717) is 30.0 Å². The topological polar surface area (TPSA) is 83.6 Å². The number of carboxylic acid groups (broad SMARTS) is 1. The Balaban J connectivity index is 2.09. The number of likely N-dealkylation sites (tertiary alicyclic amines) is 1. The van der Waals surface area contributed by atoms with Crippen molar-refractivity contribution in [2.75, 3.05) is 13.1 Å². The Labute approximate surface area is 109 Å². The third-order valence-electron chi connectivity index (χ3n) is 3.41. The maximum absolute atomic E-state index is 13.4. The van der Waals surface area contributed by atoms with Crippen LogP contribution < -0.4 is 0 Å². The molecule has 1 aliphatic heterocycles. The number of alkyl halides is 1. The fourth-order valence-corrected chi connectivity index (χ4v) is 2.36. The van der Waals surface area contributed by atoms with Gasteiger partial charge in [-0.15, -0.1) is 0 Å². The lowest BCUT2D eigenvalue weighted by molar-refractivity contribution is -0.144. The molecule has 0 bridgehead atoms. The van der Waals surface area contributed by atoms with Crippen molar-refractivity contribution in [2.24, 2.45) is 5.92 Å². The summed E-state index contributed by atoms with van der Waals surface area (Å²) in [6.45, 7) is 3.75. The normalized spacial score (nSPS) is 20.6. The van der Waals surface area contributed by atoms with Crippen LogP contribution in [0.15, 0.2) is 4.52 Å². The van der Waals surface area contributed by atoms with Gasteiger partial charge in [0.1, 0.15) is 11.3 Å². The predicted molar refractivity (Wildman–Crippen MR) is 62.5 cm³/mol. The molecule has 0 saturated carbocycles. The van der Waals surface area contributed by atoms with Gasteiger partial charge in [-0.2, -0.15) is 0 Å². The molecule has 1 aromatic rings. The van der Waals surface area contributed by atoms with Crippen molar-refractivity contribution in [3.05, 3.63) is 17.0 Å². The lowest BCUT2D eigenvalue weighted by atomic mass is 10.0. The fourth-order valence-electron chi connectivity index (χ4n) is 2.36. The number of halogens is 1. The van der Waals surface area contributed by atoms with E-state index in [-0.39, 0.29) is 12.5 Å². The number of hydrogen-bond donors (Lipinski definition) is 1. The molecule has 0 spiro atoms. The van der Waals surface area contributed by atoms with E-state index in [9.17, 15) is 14.0 Å². The van der Waals surface area contributed by atoms with Crippen LogP contribution in [-0.4, -0.2) is 46.3 Å². The summed E-state index contributed by atoms with van der Waals surface area (Å²) < 4.78 is 18.3. The van der Waals surface area contributed by atoms with E-state index in [1.165, 1.54) is 4.90 Å². The molecule has 6 nitrogen and oxygen atoms in total. The summed E-state index contributed by atoms with van der Waals surface area (Å²) >= 11 is 0. The van der Waals surface area contributed by atoms with Crippen molar-refractivity contribution in [2.45, 2.75) is 26.4 Å². The molecular weight excluding hydrogens is 255 g/mol. The molecule has 0 aromatic carbocycles. The molecule has 1 aliphatic rings. The Bertz CT molecular complexity index is 494. The number of nitrogens with zero attached hydrogens (tertiary/aromatic N) is 2. The molecule has 1 amide bonds. The number of amides is 1. The molecule has 19 heavy (non-hydrogen) atoms. The van der Waals surface area contributed by atoms with Gasteiger partial charge < -0.3 is 14.5 Å². The van der Waals surface area contributed by atoms with Crippen molar-refractivity contribution < 1.29 is 23.6 Å². The molecule has 1 aromatic heterocycles. The fraction of sp³-hybridized carbons (Fsp3) is 0.583. The first kappa shape index (κ1) is 13.5. The highest BCUT2D eigenvalue weighted by Gasteiger charge is 2.37. The van der Waals surface area contributed by atoms with Crippen LogP contribution in [0.25, 0.3) is 0 Å². The van der Waals surface area contributed by atoms with Gasteiger partial charge in [0.2, 0.25) is 6.17 Å². The highest BCUT2D eigenvalue weighted by Crippen LogP contribution is 2.25. The number of aryl methyl sites for hydroxylation is 2. The second kappa shape index (κ2) is 4.99. The summed E-state index contributed by atoms with van der Waals surface area (Å²) in [5.74, 6) is -1.99. The number of carbonyl (C=O) groups is 2. The molecule has 2 atom stereocenters.